The summed E-state index contributed by atoms with van der Waals surface area (Å²) >= 11 is 0. The van der Waals surface area contributed by atoms with Crippen molar-refractivity contribution in [3.05, 3.63) is 39.7 Å². The smallest absolute Gasteiger partial charge is 0.401 e. The summed E-state index contributed by atoms with van der Waals surface area (Å²) in [5.74, 6) is -7.81. The van der Waals surface area contributed by atoms with Crippen LogP contribution in [-0.4, -0.2) is 95.4 Å². The number of phenolic OH excluding ortho intramolecular Hbond substituents is 1. The molecule has 1 aromatic carbocycles. The van der Waals surface area contributed by atoms with Gasteiger partial charge in [0, 0.05) is 43.4 Å². The predicted molar refractivity (Wildman–Crippen MR) is 143 cm³/mol. The number of phenols is 1. The van der Waals surface area contributed by atoms with Crippen molar-refractivity contribution in [2.45, 2.75) is 44.6 Å². The second kappa shape index (κ2) is 10.7. The van der Waals surface area contributed by atoms with E-state index in [-0.39, 0.29) is 37.0 Å². The summed E-state index contributed by atoms with van der Waals surface area (Å²) in [5.41, 5.74) is 1.98. The Bertz CT molecular complexity index is 1370. The van der Waals surface area contributed by atoms with Gasteiger partial charge >= 0.3 is 6.18 Å². The highest BCUT2D eigenvalue weighted by Crippen LogP contribution is 2.54. The second-order valence-corrected chi connectivity index (χ2v) is 10.8. The van der Waals surface area contributed by atoms with Gasteiger partial charge in [0.25, 0.3) is 5.91 Å². The Morgan fingerprint density at radius 1 is 1.17 bits per heavy atom. The molecule has 14 heteroatoms. The van der Waals surface area contributed by atoms with Gasteiger partial charge in [0.15, 0.2) is 11.4 Å². The zero-order chi connectivity index (χ0) is 30.1. The summed E-state index contributed by atoms with van der Waals surface area (Å²) < 4.78 is 38.1. The number of carbonyl (C=O) groups excluding carboxylic acids is 3. The number of likely N-dealkylation sites (N-methyl/N-ethyl adjacent to an activating group) is 1. The Kier molecular flexibility index (Phi) is 8.29. The lowest BCUT2D eigenvalue weighted by atomic mass is 9.57. The highest BCUT2D eigenvalue weighted by molar-refractivity contribution is 6.24. The van der Waals surface area contributed by atoms with E-state index in [2.05, 4.69) is 5.32 Å². The van der Waals surface area contributed by atoms with Crippen molar-refractivity contribution < 1.29 is 48.0 Å². The van der Waals surface area contributed by atoms with E-state index >= 15 is 0 Å². The molecule has 0 heterocycles. The van der Waals surface area contributed by atoms with Crippen LogP contribution in [0.1, 0.15) is 30.5 Å². The third kappa shape index (κ3) is 4.93. The molecule has 7 N–H and O–H groups in total. The summed E-state index contributed by atoms with van der Waals surface area (Å²) in [7, 11) is 6.33. The van der Waals surface area contributed by atoms with Gasteiger partial charge in [0.05, 0.1) is 18.2 Å². The van der Waals surface area contributed by atoms with Crippen LogP contribution in [0.15, 0.2) is 23.0 Å². The Hall–Kier alpha value is -3.62. The number of Topliss-reactive ketones (excluding diaryl/α,β-unsaturated/α-hetero) is 2. The number of halogens is 3. The van der Waals surface area contributed by atoms with Crippen LogP contribution in [0.5, 0.6) is 5.75 Å². The predicted octanol–water partition coefficient (Wildman–Crippen LogP) is 1.32. The Morgan fingerprint density at radius 2 is 1.78 bits per heavy atom. The van der Waals surface area contributed by atoms with E-state index in [1.54, 1.807) is 19.0 Å². The van der Waals surface area contributed by atoms with Crippen molar-refractivity contribution >= 4 is 28.9 Å². The number of alkyl halides is 3. The van der Waals surface area contributed by atoms with E-state index in [1.165, 1.54) is 25.1 Å². The number of benzene rings is 1. The maximum absolute atomic E-state index is 13.9. The van der Waals surface area contributed by atoms with Gasteiger partial charge in [-0.1, -0.05) is 7.43 Å². The maximum atomic E-state index is 13.9. The maximum Gasteiger partial charge on any atom is 0.401 e. The first-order valence-corrected chi connectivity index (χ1v) is 12.4. The number of aliphatic hydroxyl groups is 3. The standard InChI is InChI=1S/C26H31F3N4O7.CH4/c1-32(2)14-7-11(8-31-9-25(27,28)29)19(34)16-12(14)5-10-6-13-18(33(3)4)21(36)17(24(30)39)23(38)26(13,40)22(37)15(10)20(16)35;/h7,10,13,18,31,34-35,38,40H,5-6,8-9H2,1-4H3,(H2,30,39);1H4/t10-,13-,18-,26-;/m0./s1. The molecule has 11 nitrogen and oxygen atoms in total. The number of ketones is 2. The molecule has 226 valence electrons. The van der Waals surface area contributed by atoms with E-state index in [4.69, 9.17) is 5.73 Å². The van der Waals surface area contributed by atoms with Crippen LogP contribution >= 0.6 is 0 Å². The van der Waals surface area contributed by atoms with Crippen LogP contribution < -0.4 is 16.0 Å². The molecule has 0 bridgehead atoms. The van der Waals surface area contributed by atoms with Gasteiger partial charge < -0.3 is 36.4 Å². The van der Waals surface area contributed by atoms with Gasteiger partial charge in [-0.3, -0.25) is 19.3 Å². The van der Waals surface area contributed by atoms with Crippen molar-refractivity contribution in [2.24, 2.45) is 17.6 Å². The number of hydrogen-bond acceptors (Lipinski definition) is 10. The first kappa shape index (κ1) is 31.9. The highest BCUT2D eigenvalue weighted by atomic mass is 19.4. The number of amides is 1. The Balaban J connectivity index is 0.00000462. The van der Waals surface area contributed by atoms with E-state index in [9.17, 15) is 48.0 Å². The molecule has 0 aromatic heterocycles. The fourth-order valence-corrected chi connectivity index (χ4v) is 6.22. The molecule has 4 atom stereocenters. The molecule has 1 saturated carbocycles. The fourth-order valence-electron chi connectivity index (χ4n) is 6.22. The quantitative estimate of drug-likeness (QED) is 0.267. The van der Waals surface area contributed by atoms with Gasteiger partial charge in [-0.2, -0.15) is 13.2 Å². The number of aliphatic hydroxyl groups excluding tert-OH is 2. The van der Waals surface area contributed by atoms with Crippen LogP contribution in [0.2, 0.25) is 0 Å². The molecular weight excluding hydrogens is 549 g/mol. The Morgan fingerprint density at radius 3 is 2.29 bits per heavy atom. The fraction of sp³-hybridized carbons (Fsp3) is 0.519. The summed E-state index contributed by atoms with van der Waals surface area (Å²) in [4.78, 5) is 42.2. The lowest BCUT2D eigenvalue weighted by Gasteiger charge is -2.50. The first-order chi connectivity index (χ1) is 18.4. The van der Waals surface area contributed by atoms with Crippen molar-refractivity contribution in [1.82, 2.24) is 10.2 Å². The number of fused-ring (bicyclic) bond motifs is 3. The minimum atomic E-state index is -4.50. The molecule has 4 rings (SSSR count). The van der Waals surface area contributed by atoms with E-state index < -0.39 is 83.1 Å². The molecule has 1 amide bonds. The summed E-state index contributed by atoms with van der Waals surface area (Å²) in [5, 5.41) is 47.2. The third-order valence-electron chi connectivity index (χ3n) is 7.90. The summed E-state index contributed by atoms with van der Waals surface area (Å²) in [6, 6.07) is 0.276. The first-order valence-electron chi connectivity index (χ1n) is 12.4. The number of anilines is 1. The van der Waals surface area contributed by atoms with Crippen molar-refractivity contribution in [2.75, 3.05) is 39.6 Å². The molecule has 0 unspecified atom stereocenters. The van der Waals surface area contributed by atoms with E-state index in [0.29, 0.717) is 11.3 Å². The number of aromatic hydroxyl groups is 1. The average molecular weight is 585 g/mol. The van der Waals surface area contributed by atoms with Gasteiger partial charge in [-0.25, -0.2) is 0 Å². The number of hydrogen-bond donors (Lipinski definition) is 6. The highest BCUT2D eigenvalue weighted by Gasteiger charge is 2.64. The van der Waals surface area contributed by atoms with Gasteiger partial charge in [0.2, 0.25) is 5.78 Å². The number of rotatable bonds is 6. The lowest BCUT2D eigenvalue weighted by molar-refractivity contribution is -0.153. The van der Waals surface area contributed by atoms with Crippen LogP contribution in [-0.2, 0) is 27.3 Å². The van der Waals surface area contributed by atoms with Gasteiger partial charge in [0.1, 0.15) is 22.8 Å². The summed E-state index contributed by atoms with van der Waals surface area (Å²) in [6.07, 6.45) is -4.52. The normalized spacial score (nSPS) is 25.9. The molecule has 0 spiro atoms. The Labute approximate surface area is 234 Å². The van der Waals surface area contributed by atoms with Crippen molar-refractivity contribution in [3.63, 3.8) is 0 Å². The average Bonchev–Trinajstić information content (AvgIpc) is 2.81. The minimum absolute atomic E-state index is 0. The van der Waals surface area contributed by atoms with Crippen LogP contribution in [0, 0.1) is 11.8 Å². The molecule has 1 aromatic rings. The van der Waals surface area contributed by atoms with Crippen LogP contribution in [0.25, 0.3) is 5.76 Å². The lowest BCUT2D eigenvalue weighted by Crippen LogP contribution is -2.65. The number of nitrogens with zero attached hydrogens (tertiary/aromatic N) is 2. The molecule has 0 aliphatic heterocycles. The zero-order valence-electron chi connectivity index (χ0n) is 22.3. The summed E-state index contributed by atoms with van der Waals surface area (Å²) in [6.45, 7) is -1.74. The third-order valence-corrected chi connectivity index (χ3v) is 7.90. The molecule has 0 radical (unpaired) electrons. The minimum Gasteiger partial charge on any atom is -0.508 e. The molecule has 1 fully saturated rings. The largest absolute Gasteiger partial charge is 0.508 e. The zero-order valence-corrected chi connectivity index (χ0v) is 22.3. The monoisotopic (exact) mass is 584 g/mol. The molecule has 3 aliphatic rings. The van der Waals surface area contributed by atoms with Crippen molar-refractivity contribution in [3.8, 4) is 5.75 Å². The number of primary amides is 1. The van der Waals surface area contributed by atoms with E-state index in [1.807, 2.05) is 0 Å². The van der Waals surface area contributed by atoms with Gasteiger partial charge in [-0.05, 0) is 44.5 Å². The van der Waals surface area contributed by atoms with Crippen LogP contribution in [0.4, 0.5) is 18.9 Å². The molecule has 3 aliphatic carbocycles. The van der Waals surface area contributed by atoms with E-state index in [0.717, 1.165) is 0 Å². The molecule has 0 saturated heterocycles. The number of carbonyl (C=O) groups is 3. The number of nitrogens with two attached hydrogens (primary N) is 1. The van der Waals surface area contributed by atoms with Crippen molar-refractivity contribution in [1.29, 1.82) is 0 Å². The second-order valence-electron chi connectivity index (χ2n) is 10.8. The van der Waals surface area contributed by atoms with Crippen LogP contribution in [0.3, 0.4) is 0 Å². The topological polar surface area (TPSA) is 177 Å². The SMILES string of the molecule is C.CN(C)c1cc(CNCC(F)(F)F)c(O)c2c1C[C@H]1C[C@H]3[C@H](N(C)C)C(=O)C(C(N)=O)=C(O)[C@@]3(O)C(=O)C1=C2O. The molecular formula is C27H35F3N4O7. The molecule has 41 heavy (non-hydrogen) atoms. The van der Waals surface area contributed by atoms with Gasteiger partial charge in [-0.15, -0.1) is 0 Å². The number of nitrogens with one attached hydrogen (secondary N) is 1.